The molecular weight excluding hydrogens is 324 g/mol. The van der Waals surface area contributed by atoms with Gasteiger partial charge in [-0.05, 0) is 60.9 Å². The van der Waals surface area contributed by atoms with Gasteiger partial charge in [0.2, 0.25) is 0 Å². The van der Waals surface area contributed by atoms with Gasteiger partial charge in [-0.15, -0.1) is 0 Å². The van der Waals surface area contributed by atoms with Crippen molar-refractivity contribution in [1.82, 2.24) is 0 Å². The predicted molar refractivity (Wildman–Crippen MR) is 96.1 cm³/mol. The Morgan fingerprint density at radius 3 is 2.71 bits per heavy atom. The van der Waals surface area contributed by atoms with Gasteiger partial charge in [-0.25, -0.2) is 0 Å². The summed E-state index contributed by atoms with van der Waals surface area (Å²) in [6, 6.07) is 12.6. The quantitative estimate of drug-likeness (QED) is 0.658. The van der Waals surface area contributed by atoms with Crippen molar-refractivity contribution in [2.24, 2.45) is 0 Å². The minimum atomic E-state index is -0.467. The van der Waals surface area contributed by atoms with Crippen LogP contribution in [0.5, 0.6) is 5.75 Å². The van der Waals surface area contributed by atoms with Crippen molar-refractivity contribution in [2.75, 3.05) is 12.4 Å². The van der Waals surface area contributed by atoms with Gasteiger partial charge in [-0.1, -0.05) is 23.7 Å². The number of anilines is 1. The van der Waals surface area contributed by atoms with Crippen molar-refractivity contribution >= 4 is 29.3 Å². The van der Waals surface area contributed by atoms with Crippen molar-refractivity contribution in [3.8, 4) is 11.8 Å². The molecule has 1 amide bonds. The summed E-state index contributed by atoms with van der Waals surface area (Å²) < 4.78 is 5.14. The fourth-order valence-corrected chi connectivity index (χ4v) is 2.41. The summed E-state index contributed by atoms with van der Waals surface area (Å²) in [6.45, 7) is 3.88. The van der Waals surface area contributed by atoms with E-state index in [0.717, 1.165) is 11.1 Å². The zero-order valence-electron chi connectivity index (χ0n) is 13.7. The number of benzene rings is 2. The molecule has 0 aliphatic rings. The average Bonchev–Trinajstić information content (AvgIpc) is 2.56. The Morgan fingerprint density at radius 1 is 1.29 bits per heavy atom. The van der Waals surface area contributed by atoms with E-state index in [1.165, 1.54) is 13.2 Å². The molecule has 24 heavy (non-hydrogen) atoms. The molecule has 0 radical (unpaired) electrons. The van der Waals surface area contributed by atoms with E-state index >= 15 is 0 Å². The number of aryl methyl sites for hydroxylation is 1. The van der Waals surface area contributed by atoms with Crippen LogP contribution < -0.4 is 10.1 Å². The van der Waals surface area contributed by atoms with Crippen LogP contribution in [0.2, 0.25) is 5.02 Å². The van der Waals surface area contributed by atoms with Crippen LogP contribution in [0.1, 0.15) is 16.7 Å². The third-order valence-electron chi connectivity index (χ3n) is 3.66. The van der Waals surface area contributed by atoms with E-state index in [9.17, 15) is 10.1 Å². The Labute approximate surface area is 146 Å². The summed E-state index contributed by atoms with van der Waals surface area (Å²) >= 11 is 6.01. The summed E-state index contributed by atoms with van der Waals surface area (Å²) in [7, 11) is 1.53. The van der Waals surface area contributed by atoms with Gasteiger partial charge in [0.1, 0.15) is 17.4 Å². The van der Waals surface area contributed by atoms with Crippen molar-refractivity contribution in [3.63, 3.8) is 0 Å². The second-order valence-electron chi connectivity index (χ2n) is 5.30. The van der Waals surface area contributed by atoms with E-state index in [-0.39, 0.29) is 5.57 Å². The Bertz CT molecular complexity index is 851. The Morgan fingerprint density at radius 2 is 2.04 bits per heavy atom. The fraction of sp³-hybridized carbons (Fsp3) is 0.158. The number of halogens is 1. The maximum absolute atomic E-state index is 12.4. The molecule has 0 aliphatic heterocycles. The minimum Gasteiger partial charge on any atom is -0.497 e. The van der Waals surface area contributed by atoms with E-state index < -0.39 is 5.91 Å². The van der Waals surface area contributed by atoms with Crippen LogP contribution in [0.4, 0.5) is 5.69 Å². The maximum Gasteiger partial charge on any atom is 0.266 e. The number of carbonyl (C=O) groups excluding carboxylic acids is 1. The van der Waals surface area contributed by atoms with Gasteiger partial charge >= 0.3 is 0 Å². The molecule has 0 atom stereocenters. The van der Waals surface area contributed by atoms with Gasteiger partial charge in [0.25, 0.3) is 5.91 Å². The van der Waals surface area contributed by atoms with E-state index in [1.54, 1.807) is 24.3 Å². The lowest BCUT2D eigenvalue weighted by Crippen LogP contribution is -2.14. The number of rotatable bonds is 4. The summed E-state index contributed by atoms with van der Waals surface area (Å²) in [5.74, 6) is 0.0890. The van der Waals surface area contributed by atoms with Crippen molar-refractivity contribution in [2.45, 2.75) is 13.8 Å². The van der Waals surface area contributed by atoms with Gasteiger partial charge in [0.05, 0.1) is 7.11 Å². The molecule has 0 heterocycles. The van der Waals surface area contributed by atoms with E-state index in [2.05, 4.69) is 5.32 Å². The van der Waals surface area contributed by atoms with E-state index in [4.69, 9.17) is 16.3 Å². The molecule has 0 saturated carbocycles. The summed E-state index contributed by atoms with van der Waals surface area (Å²) in [5, 5.41) is 12.5. The molecule has 0 spiro atoms. The SMILES string of the molecule is COc1cc(Cl)cc(/C=C(\C#N)C(=O)Nc2cccc(C)c2C)c1. The first-order chi connectivity index (χ1) is 11.4. The van der Waals surface area contributed by atoms with Crippen LogP contribution in [-0.4, -0.2) is 13.0 Å². The monoisotopic (exact) mass is 340 g/mol. The van der Waals surface area contributed by atoms with Gasteiger partial charge in [-0.3, -0.25) is 4.79 Å². The Hall–Kier alpha value is -2.77. The molecular formula is C19H17ClN2O2. The molecule has 2 aromatic carbocycles. The van der Waals surface area contributed by atoms with Crippen LogP contribution in [-0.2, 0) is 4.79 Å². The van der Waals surface area contributed by atoms with Crippen LogP contribution in [0.15, 0.2) is 42.0 Å². The number of nitrogens with one attached hydrogen (secondary N) is 1. The number of methoxy groups -OCH3 is 1. The molecule has 4 nitrogen and oxygen atoms in total. The molecule has 122 valence electrons. The number of nitriles is 1. The zero-order valence-corrected chi connectivity index (χ0v) is 14.4. The number of ether oxygens (including phenoxy) is 1. The number of hydrogen-bond donors (Lipinski definition) is 1. The average molecular weight is 341 g/mol. The molecule has 1 N–H and O–H groups in total. The number of carbonyl (C=O) groups is 1. The molecule has 2 aromatic rings. The molecule has 0 saturated heterocycles. The smallest absolute Gasteiger partial charge is 0.266 e. The normalized spacial score (nSPS) is 10.9. The predicted octanol–water partition coefficient (Wildman–Crippen LogP) is 4.51. The number of amides is 1. The summed E-state index contributed by atoms with van der Waals surface area (Å²) in [4.78, 5) is 12.4. The van der Waals surface area contributed by atoms with Crippen LogP contribution in [0.3, 0.4) is 0 Å². The largest absolute Gasteiger partial charge is 0.497 e. The first-order valence-electron chi connectivity index (χ1n) is 7.28. The van der Waals surface area contributed by atoms with Crippen LogP contribution in [0.25, 0.3) is 6.08 Å². The highest BCUT2D eigenvalue weighted by molar-refractivity contribution is 6.30. The highest BCUT2D eigenvalue weighted by Crippen LogP contribution is 2.23. The van der Waals surface area contributed by atoms with Crippen LogP contribution in [0, 0.1) is 25.2 Å². The first kappa shape index (κ1) is 17.6. The highest BCUT2D eigenvalue weighted by atomic mass is 35.5. The zero-order chi connectivity index (χ0) is 17.7. The fourth-order valence-electron chi connectivity index (χ4n) is 2.18. The topological polar surface area (TPSA) is 62.1 Å². The maximum atomic E-state index is 12.4. The van der Waals surface area contributed by atoms with Gasteiger partial charge < -0.3 is 10.1 Å². The van der Waals surface area contributed by atoms with E-state index in [0.29, 0.717) is 22.0 Å². The highest BCUT2D eigenvalue weighted by Gasteiger charge is 2.12. The van der Waals surface area contributed by atoms with Gasteiger partial charge in [-0.2, -0.15) is 5.26 Å². The molecule has 5 heteroatoms. The minimum absolute atomic E-state index is 0.0137. The number of nitrogens with zero attached hydrogens (tertiary/aromatic N) is 1. The third-order valence-corrected chi connectivity index (χ3v) is 3.88. The first-order valence-corrected chi connectivity index (χ1v) is 7.66. The van der Waals surface area contributed by atoms with Crippen molar-refractivity contribution in [3.05, 3.63) is 63.7 Å². The lowest BCUT2D eigenvalue weighted by molar-refractivity contribution is -0.112. The Balaban J connectivity index is 2.31. The van der Waals surface area contributed by atoms with Crippen molar-refractivity contribution < 1.29 is 9.53 Å². The van der Waals surface area contributed by atoms with Gasteiger partial charge in [0.15, 0.2) is 0 Å². The number of hydrogen-bond acceptors (Lipinski definition) is 3. The standard InChI is InChI=1S/C19H17ClN2O2/c1-12-5-4-6-18(13(12)2)22-19(23)15(11-21)7-14-8-16(20)10-17(9-14)24-3/h4-10H,1-3H3,(H,22,23)/b15-7+. The lowest BCUT2D eigenvalue weighted by atomic mass is 10.1. The van der Waals surface area contributed by atoms with Crippen molar-refractivity contribution in [1.29, 1.82) is 5.26 Å². The lowest BCUT2D eigenvalue weighted by Gasteiger charge is -2.10. The molecule has 0 aromatic heterocycles. The van der Waals surface area contributed by atoms with E-state index in [1.807, 2.05) is 32.0 Å². The molecule has 2 rings (SSSR count). The second kappa shape index (κ2) is 7.67. The van der Waals surface area contributed by atoms with Gasteiger partial charge in [0, 0.05) is 10.7 Å². The second-order valence-corrected chi connectivity index (χ2v) is 5.73. The third kappa shape index (κ3) is 4.15. The summed E-state index contributed by atoms with van der Waals surface area (Å²) in [5.41, 5.74) is 3.32. The molecule has 0 unspecified atom stereocenters. The van der Waals surface area contributed by atoms with Crippen LogP contribution >= 0.6 is 11.6 Å². The molecule has 0 bridgehead atoms. The Kier molecular flexibility index (Phi) is 5.62. The molecule has 0 aliphatic carbocycles. The summed E-state index contributed by atoms with van der Waals surface area (Å²) in [6.07, 6.45) is 1.48. The molecule has 0 fully saturated rings.